The molecule has 0 amide bonds. The van der Waals surface area contributed by atoms with Gasteiger partial charge in [-0.1, -0.05) is 0 Å². The van der Waals surface area contributed by atoms with Crippen LogP contribution in [0.4, 0.5) is 5.69 Å². The van der Waals surface area contributed by atoms with Crippen LogP contribution in [0.1, 0.15) is 60.6 Å². The Morgan fingerprint density at radius 2 is 1.73 bits per heavy atom. The number of benzene rings is 1. The highest BCUT2D eigenvalue weighted by molar-refractivity contribution is 5.72. The topological polar surface area (TPSA) is 69.2 Å². The second kappa shape index (κ2) is 11.7. The van der Waals surface area contributed by atoms with Gasteiger partial charge in [0, 0.05) is 67.5 Å². The van der Waals surface area contributed by atoms with Crippen LogP contribution < -0.4 is 15.8 Å². The van der Waals surface area contributed by atoms with E-state index in [0.717, 1.165) is 28.9 Å². The van der Waals surface area contributed by atoms with Gasteiger partial charge < -0.3 is 20.1 Å². The Balaban J connectivity index is 1.63. The van der Waals surface area contributed by atoms with E-state index in [-0.39, 0.29) is 5.56 Å². The smallest absolute Gasteiger partial charge is 0.252 e. The highest BCUT2D eigenvalue weighted by Crippen LogP contribution is 2.35. The molecule has 0 unspecified atom stereocenters. The first kappa shape index (κ1) is 27.1. The number of aromatic amines is 1. The van der Waals surface area contributed by atoms with Crippen molar-refractivity contribution in [2.75, 3.05) is 25.5 Å². The average molecular weight is 505 g/mol. The molecule has 2 N–H and O–H groups in total. The lowest BCUT2D eigenvalue weighted by Crippen LogP contribution is -2.42. The molecule has 1 aliphatic rings. The molecule has 0 atom stereocenters. The highest BCUT2D eigenvalue weighted by Gasteiger charge is 2.27. The van der Waals surface area contributed by atoms with Gasteiger partial charge >= 0.3 is 0 Å². The summed E-state index contributed by atoms with van der Waals surface area (Å²) in [6, 6.07) is 7.91. The number of nitrogens with one attached hydrogen (secondary N) is 2. The van der Waals surface area contributed by atoms with E-state index < -0.39 is 0 Å². The summed E-state index contributed by atoms with van der Waals surface area (Å²) in [7, 11) is 6.37. The molecule has 200 valence electrons. The highest BCUT2D eigenvalue weighted by atomic mass is 16.1. The number of anilines is 1. The molecule has 2 heterocycles. The molecule has 0 saturated heterocycles. The molecular formula is C30H44N6O. The zero-order valence-electron chi connectivity index (χ0n) is 23.7. The first-order valence-electron chi connectivity index (χ1n) is 13.6. The van der Waals surface area contributed by atoms with Gasteiger partial charge in [0.1, 0.15) is 0 Å². The van der Waals surface area contributed by atoms with Crippen molar-refractivity contribution < 1.29 is 0 Å². The zero-order chi connectivity index (χ0) is 26.7. The maximum absolute atomic E-state index is 12.5. The van der Waals surface area contributed by atoms with Crippen LogP contribution in [0.5, 0.6) is 0 Å². The summed E-state index contributed by atoms with van der Waals surface area (Å²) in [5, 5.41) is 7.99. The van der Waals surface area contributed by atoms with E-state index in [0.29, 0.717) is 25.2 Å². The Kier molecular flexibility index (Phi) is 8.55. The molecule has 1 fully saturated rings. The predicted octanol–water partition coefficient (Wildman–Crippen LogP) is 4.69. The normalized spacial score (nSPS) is 17.9. The van der Waals surface area contributed by atoms with E-state index in [1.807, 2.05) is 37.8 Å². The Labute approximate surface area is 221 Å². The van der Waals surface area contributed by atoms with Gasteiger partial charge in [-0.15, -0.1) is 0 Å². The molecule has 0 spiro atoms. The lowest BCUT2D eigenvalue weighted by atomic mass is 9.88. The summed E-state index contributed by atoms with van der Waals surface area (Å²) in [6.45, 7) is 10.7. The van der Waals surface area contributed by atoms with Gasteiger partial charge in [0.15, 0.2) is 0 Å². The standard InChI is InChI=1S/C30H44N6O/c1-8-36(27-11-9-26(10-12-27)34(5)6)29-15-23(25-17-32-35(7)19-25)14-24(22(29)4)16-31-18-28-20(2)13-21(3)33-30(28)37/h13-15,17,19,26-27,31H,8-12,16,18H2,1-7H3,(H,33,37). The Morgan fingerprint density at radius 3 is 2.32 bits per heavy atom. The predicted molar refractivity (Wildman–Crippen MR) is 153 cm³/mol. The second-order valence-electron chi connectivity index (χ2n) is 10.9. The molecule has 7 nitrogen and oxygen atoms in total. The number of H-pyrrole nitrogens is 1. The summed E-state index contributed by atoms with van der Waals surface area (Å²) in [4.78, 5) is 20.5. The number of pyridine rings is 1. The number of aromatic nitrogens is 3. The van der Waals surface area contributed by atoms with E-state index in [4.69, 9.17) is 0 Å². The van der Waals surface area contributed by atoms with Crippen molar-refractivity contribution in [3.05, 3.63) is 68.9 Å². The molecule has 1 saturated carbocycles. The molecular weight excluding hydrogens is 460 g/mol. The summed E-state index contributed by atoms with van der Waals surface area (Å²) in [5.41, 5.74) is 8.94. The van der Waals surface area contributed by atoms with Crippen LogP contribution in [-0.4, -0.2) is 52.4 Å². The fourth-order valence-electron chi connectivity index (χ4n) is 5.91. The Morgan fingerprint density at radius 1 is 1.03 bits per heavy atom. The van der Waals surface area contributed by atoms with Gasteiger partial charge in [-0.2, -0.15) is 5.10 Å². The lowest BCUT2D eigenvalue weighted by Gasteiger charge is -2.40. The average Bonchev–Trinajstić information content (AvgIpc) is 3.29. The molecule has 2 aromatic heterocycles. The minimum absolute atomic E-state index is 0.00277. The van der Waals surface area contributed by atoms with E-state index in [2.05, 4.69) is 71.5 Å². The van der Waals surface area contributed by atoms with Gasteiger partial charge in [-0.05, 0) is 108 Å². The molecule has 1 aliphatic carbocycles. The molecule has 0 bridgehead atoms. The molecule has 3 aromatic rings. The maximum Gasteiger partial charge on any atom is 0.252 e. The van der Waals surface area contributed by atoms with Gasteiger partial charge in [0.25, 0.3) is 5.56 Å². The molecule has 0 aliphatic heterocycles. The minimum Gasteiger partial charge on any atom is -0.369 e. The largest absolute Gasteiger partial charge is 0.369 e. The molecule has 1 aromatic carbocycles. The van der Waals surface area contributed by atoms with Crippen LogP contribution in [0.15, 0.2) is 35.4 Å². The Hall–Kier alpha value is -2.90. The van der Waals surface area contributed by atoms with Crippen molar-refractivity contribution in [1.29, 1.82) is 0 Å². The summed E-state index contributed by atoms with van der Waals surface area (Å²) >= 11 is 0. The molecule has 4 rings (SSSR count). The van der Waals surface area contributed by atoms with E-state index in [1.54, 1.807) is 0 Å². The fraction of sp³-hybridized carbons (Fsp3) is 0.533. The quantitative estimate of drug-likeness (QED) is 0.443. The number of nitrogens with zero attached hydrogens (tertiary/aromatic N) is 4. The lowest BCUT2D eigenvalue weighted by molar-refractivity contribution is 0.214. The maximum atomic E-state index is 12.5. The van der Waals surface area contributed by atoms with Crippen LogP contribution in [0.25, 0.3) is 11.1 Å². The van der Waals surface area contributed by atoms with Crippen LogP contribution in [0.2, 0.25) is 0 Å². The minimum atomic E-state index is -0.00277. The first-order valence-corrected chi connectivity index (χ1v) is 13.6. The van der Waals surface area contributed by atoms with Crippen molar-refractivity contribution in [2.24, 2.45) is 7.05 Å². The van der Waals surface area contributed by atoms with Crippen molar-refractivity contribution in [3.63, 3.8) is 0 Å². The number of aryl methyl sites for hydroxylation is 3. The van der Waals surface area contributed by atoms with E-state index >= 15 is 0 Å². The van der Waals surface area contributed by atoms with Crippen molar-refractivity contribution in [2.45, 2.75) is 78.6 Å². The third-order valence-corrected chi connectivity index (χ3v) is 8.12. The molecule has 37 heavy (non-hydrogen) atoms. The zero-order valence-corrected chi connectivity index (χ0v) is 23.7. The third-order valence-electron chi connectivity index (χ3n) is 8.12. The van der Waals surface area contributed by atoms with Crippen LogP contribution in [0.3, 0.4) is 0 Å². The van der Waals surface area contributed by atoms with Gasteiger partial charge in [-0.3, -0.25) is 9.48 Å². The van der Waals surface area contributed by atoms with E-state index in [9.17, 15) is 4.79 Å². The van der Waals surface area contributed by atoms with Crippen molar-refractivity contribution in [1.82, 2.24) is 25.0 Å². The number of hydrogen-bond donors (Lipinski definition) is 2. The van der Waals surface area contributed by atoms with Crippen LogP contribution in [-0.2, 0) is 20.1 Å². The fourth-order valence-corrected chi connectivity index (χ4v) is 5.91. The van der Waals surface area contributed by atoms with Crippen molar-refractivity contribution in [3.8, 4) is 11.1 Å². The van der Waals surface area contributed by atoms with Gasteiger partial charge in [0.05, 0.1) is 6.20 Å². The summed E-state index contributed by atoms with van der Waals surface area (Å²) < 4.78 is 1.86. The van der Waals surface area contributed by atoms with E-state index in [1.165, 1.54) is 48.1 Å². The third kappa shape index (κ3) is 6.16. The summed E-state index contributed by atoms with van der Waals surface area (Å²) in [5.74, 6) is 0. The molecule has 0 radical (unpaired) electrons. The van der Waals surface area contributed by atoms with Crippen LogP contribution in [0, 0.1) is 20.8 Å². The number of hydrogen-bond acceptors (Lipinski definition) is 5. The monoisotopic (exact) mass is 504 g/mol. The molecule has 7 heteroatoms. The SMILES string of the molecule is CCN(c1cc(-c2cnn(C)c2)cc(CNCc2c(C)cc(C)[nH]c2=O)c1C)C1CCC(N(C)C)CC1. The number of rotatable bonds is 9. The van der Waals surface area contributed by atoms with Crippen molar-refractivity contribution >= 4 is 5.69 Å². The van der Waals surface area contributed by atoms with Gasteiger partial charge in [-0.25, -0.2) is 0 Å². The Bertz CT molecular complexity index is 1270. The summed E-state index contributed by atoms with van der Waals surface area (Å²) in [6.07, 6.45) is 8.95. The van der Waals surface area contributed by atoms with Gasteiger partial charge in [0.2, 0.25) is 0 Å². The first-order chi connectivity index (χ1) is 17.7. The second-order valence-corrected chi connectivity index (χ2v) is 10.9. The van der Waals surface area contributed by atoms with Crippen LogP contribution >= 0.6 is 0 Å².